The van der Waals surface area contributed by atoms with Gasteiger partial charge in [0.05, 0.1) is 31.1 Å². The zero-order chi connectivity index (χ0) is 17.5. The Kier molecular flexibility index (Phi) is 3.35. The van der Waals surface area contributed by atoms with Gasteiger partial charge in [-0.3, -0.25) is 9.98 Å². The molecule has 0 fully saturated rings. The van der Waals surface area contributed by atoms with Crippen molar-refractivity contribution in [3.05, 3.63) is 60.4 Å². The third kappa shape index (κ3) is 2.38. The van der Waals surface area contributed by atoms with Gasteiger partial charge in [-0.2, -0.15) is 5.10 Å². The summed E-state index contributed by atoms with van der Waals surface area (Å²) in [5.74, 6) is 1.78. The first kappa shape index (κ1) is 14.9. The third-order valence-corrected chi connectivity index (χ3v) is 4.64. The summed E-state index contributed by atoms with van der Waals surface area (Å²) < 4.78 is 7.24. The molecule has 0 spiro atoms. The van der Waals surface area contributed by atoms with Crippen LogP contribution in [0.3, 0.4) is 0 Å². The molecule has 2 aromatic carbocycles. The van der Waals surface area contributed by atoms with E-state index in [0.717, 1.165) is 57.7 Å². The number of hydrogen-bond donors (Lipinski definition) is 1. The normalized spacial score (nSPS) is 13.8. The van der Waals surface area contributed by atoms with Crippen LogP contribution in [0.5, 0.6) is 5.75 Å². The molecule has 0 bridgehead atoms. The maximum atomic E-state index is 5.35. The molecule has 0 unspecified atom stereocenters. The van der Waals surface area contributed by atoms with Gasteiger partial charge in [0, 0.05) is 29.1 Å². The lowest BCUT2D eigenvalue weighted by atomic mass is 10.1. The summed E-state index contributed by atoms with van der Waals surface area (Å²) in [6, 6.07) is 14.1. The molecule has 1 N–H and O–H groups in total. The van der Waals surface area contributed by atoms with Crippen molar-refractivity contribution in [2.75, 3.05) is 20.2 Å². The minimum Gasteiger partial charge on any atom is -0.497 e. The van der Waals surface area contributed by atoms with Crippen LogP contribution in [-0.4, -0.2) is 40.8 Å². The minimum absolute atomic E-state index is 0.814. The lowest BCUT2D eigenvalue weighted by Crippen LogP contribution is -2.19. The van der Waals surface area contributed by atoms with E-state index in [1.807, 2.05) is 35.3 Å². The van der Waals surface area contributed by atoms with Crippen molar-refractivity contribution in [1.82, 2.24) is 20.1 Å². The molecule has 0 saturated heterocycles. The summed E-state index contributed by atoms with van der Waals surface area (Å²) >= 11 is 0. The maximum Gasteiger partial charge on any atom is 0.128 e. The standard InChI is InChI=1S/C20H17N5O/c1-26-15-6-7-18-16(10-15)17-12-25(24-19(17)11-23-18)14-4-2-13(3-5-14)20-21-8-9-22-20/h2-7,10-12H,8-9H2,1H3,(H,21,22). The number of rotatable bonds is 3. The van der Waals surface area contributed by atoms with Crippen LogP contribution >= 0.6 is 0 Å². The fraction of sp³-hybridized carbons (Fsp3) is 0.150. The summed E-state index contributed by atoms with van der Waals surface area (Å²) in [6.45, 7) is 1.75. The van der Waals surface area contributed by atoms with Crippen LogP contribution in [0.2, 0.25) is 0 Å². The summed E-state index contributed by atoms with van der Waals surface area (Å²) in [7, 11) is 1.67. The van der Waals surface area contributed by atoms with Crippen molar-refractivity contribution in [2.45, 2.75) is 0 Å². The van der Waals surface area contributed by atoms with Gasteiger partial charge in [-0.15, -0.1) is 0 Å². The molecule has 6 heteroatoms. The number of fused-ring (bicyclic) bond motifs is 3. The van der Waals surface area contributed by atoms with E-state index in [9.17, 15) is 0 Å². The van der Waals surface area contributed by atoms with Gasteiger partial charge in [0.25, 0.3) is 0 Å². The summed E-state index contributed by atoms with van der Waals surface area (Å²) in [4.78, 5) is 8.96. The first-order valence-corrected chi connectivity index (χ1v) is 8.53. The highest BCUT2D eigenvalue weighted by Crippen LogP contribution is 2.27. The lowest BCUT2D eigenvalue weighted by Gasteiger charge is -2.04. The largest absolute Gasteiger partial charge is 0.497 e. The van der Waals surface area contributed by atoms with Crippen molar-refractivity contribution in [3.8, 4) is 11.4 Å². The molecule has 3 heterocycles. The number of methoxy groups -OCH3 is 1. The van der Waals surface area contributed by atoms with E-state index < -0.39 is 0 Å². The van der Waals surface area contributed by atoms with Crippen molar-refractivity contribution in [3.63, 3.8) is 0 Å². The van der Waals surface area contributed by atoms with Gasteiger partial charge in [0.2, 0.25) is 0 Å². The van der Waals surface area contributed by atoms with Gasteiger partial charge in [-0.05, 0) is 42.5 Å². The Hall–Kier alpha value is -3.41. The van der Waals surface area contributed by atoms with Crippen LogP contribution in [-0.2, 0) is 0 Å². The van der Waals surface area contributed by atoms with Gasteiger partial charge in [-0.1, -0.05) is 0 Å². The van der Waals surface area contributed by atoms with E-state index in [2.05, 4.69) is 44.7 Å². The lowest BCUT2D eigenvalue weighted by molar-refractivity contribution is 0.415. The molecule has 26 heavy (non-hydrogen) atoms. The van der Waals surface area contributed by atoms with Gasteiger partial charge < -0.3 is 10.1 Å². The average molecular weight is 343 g/mol. The second-order valence-electron chi connectivity index (χ2n) is 6.22. The van der Waals surface area contributed by atoms with Crippen LogP contribution in [0.4, 0.5) is 0 Å². The van der Waals surface area contributed by atoms with Crippen LogP contribution in [0.15, 0.2) is 59.9 Å². The molecule has 128 valence electrons. The Morgan fingerprint density at radius 2 is 1.92 bits per heavy atom. The first-order valence-electron chi connectivity index (χ1n) is 8.53. The highest BCUT2D eigenvalue weighted by Gasteiger charge is 2.10. The van der Waals surface area contributed by atoms with Crippen LogP contribution in [0.1, 0.15) is 5.56 Å². The molecule has 0 saturated carbocycles. The fourth-order valence-electron chi connectivity index (χ4n) is 3.29. The monoisotopic (exact) mass is 343 g/mol. The minimum atomic E-state index is 0.814. The molecule has 1 aliphatic rings. The number of aliphatic imine (C=N–C) groups is 1. The van der Waals surface area contributed by atoms with Crippen LogP contribution in [0, 0.1) is 0 Å². The number of benzene rings is 2. The fourth-order valence-corrected chi connectivity index (χ4v) is 3.29. The number of nitrogens with one attached hydrogen (secondary N) is 1. The van der Waals surface area contributed by atoms with Crippen molar-refractivity contribution in [1.29, 1.82) is 0 Å². The second-order valence-corrected chi connectivity index (χ2v) is 6.22. The Morgan fingerprint density at radius 3 is 2.69 bits per heavy atom. The topological polar surface area (TPSA) is 64.3 Å². The van der Waals surface area contributed by atoms with E-state index in [-0.39, 0.29) is 0 Å². The molecule has 0 radical (unpaired) electrons. The molecular weight excluding hydrogens is 326 g/mol. The van der Waals surface area contributed by atoms with Crippen LogP contribution < -0.4 is 10.1 Å². The zero-order valence-corrected chi connectivity index (χ0v) is 14.3. The average Bonchev–Trinajstić information content (AvgIpc) is 3.37. The van der Waals surface area contributed by atoms with Crippen molar-refractivity contribution in [2.24, 2.45) is 4.99 Å². The molecule has 6 nitrogen and oxygen atoms in total. The Bertz CT molecular complexity index is 1140. The predicted octanol–water partition coefficient (Wildman–Crippen LogP) is 2.93. The van der Waals surface area contributed by atoms with Gasteiger partial charge in [-0.25, -0.2) is 4.68 Å². The van der Waals surface area contributed by atoms with E-state index in [1.54, 1.807) is 7.11 Å². The maximum absolute atomic E-state index is 5.35. The molecule has 1 aliphatic heterocycles. The number of amidine groups is 1. The van der Waals surface area contributed by atoms with Crippen LogP contribution in [0.25, 0.3) is 27.5 Å². The molecular formula is C20H17N5O. The summed E-state index contributed by atoms with van der Waals surface area (Å²) in [5.41, 5.74) is 3.88. The zero-order valence-electron chi connectivity index (χ0n) is 14.3. The van der Waals surface area contributed by atoms with Gasteiger partial charge in [0.15, 0.2) is 0 Å². The molecule has 5 rings (SSSR count). The molecule has 2 aromatic heterocycles. The van der Waals surface area contributed by atoms with E-state index in [4.69, 9.17) is 4.74 Å². The van der Waals surface area contributed by atoms with E-state index in [1.165, 1.54) is 0 Å². The first-order chi connectivity index (χ1) is 12.8. The van der Waals surface area contributed by atoms with E-state index in [0.29, 0.717) is 0 Å². The number of nitrogens with zero attached hydrogens (tertiary/aromatic N) is 4. The quantitative estimate of drug-likeness (QED) is 0.621. The molecule has 0 aliphatic carbocycles. The summed E-state index contributed by atoms with van der Waals surface area (Å²) in [5, 5.41) is 10.1. The van der Waals surface area contributed by atoms with E-state index >= 15 is 0 Å². The third-order valence-electron chi connectivity index (χ3n) is 4.64. The Labute approximate surface area is 150 Å². The number of aromatic nitrogens is 3. The highest BCUT2D eigenvalue weighted by molar-refractivity contribution is 6.04. The number of hydrogen-bond acceptors (Lipinski definition) is 5. The molecule has 4 aromatic rings. The Morgan fingerprint density at radius 1 is 1.04 bits per heavy atom. The molecule has 0 atom stereocenters. The Balaban J connectivity index is 1.59. The highest BCUT2D eigenvalue weighted by atomic mass is 16.5. The van der Waals surface area contributed by atoms with Gasteiger partial charge >= 0.3 is 0 Å². The number of pyridine rings is 1. The summed E-state index contributed by atoms with van der Waals surface area (Å²) in [6.07, 6.45) is 3.85. The van der Waals surface area contributed by atoms with Crippen molar-refractivity contribution < 1.29 is 4.74 Å². The predicted molar refractivity (Wildman–Crippen MR) is 102 cm³/mol. The van der Waals surface area contributed by atoms with Crippen molar-refractivity contribution >= 4 is 27.6 Å². The number of ether oxygens (including phenoxy) is 1. The smallest absolute Gasteiger partial charge is 0.128 e. The molecule has 0 amide bonds. The van der Waals surface area contributed by atoms with Gasteiger partial charge in [0.1, 0.15) is 17.1 Å². The second kappa shape index (κ2) is 5.84. The SMILES string of the molecule is COc1ccc2ncc3nn(-c4ccc(C5=NCCN5)cc4)cc3c2c1.